The number of amides is 1. The van der Waals surface area contributed by atoms with E-state index in [4.69, 9.17) is 14.0 Å². The normalized spacial score (nSPS) is 14.6. The molecule has 1 amide bonds. The molecule has 0 radical (unpaired) electrons. The van der Waals surface area contributed by atoms with Crippen molar-refractivity contribution < 1.29 is 18.8 Å². The minimum absolute atomic E-state index is 0.0256. The molecule has 1 aliphatic rings. The fourth-order valence-electron chi connectivity index (χ4n) is 3.64. The molecule has 9 heteroatoms. The van der Waals surface area contributed by atoms with Gasteiger partial charge in [-0.1, -0.05) is 11.2 Å². The summed E-state index contributed by atoms with van der Waals surface area (Å²) in [6.45, 7) is 3.97. The predicted octanol–water partition coefficient (Wildman–Crippen LogP) is 3.21. The molecule has 0 saturated carbocycles. The van der Waals surface area contributed by atoms with Gasteiger partial charge >= 0.3 is 0 Å². The van der Waals surface area contributed by atoms with Crippen molar-refractivity contribution >= 4 is 17.2 Å². The van der Waals surface area contributed by atoms with Crippen molar-refractivity contribution in [2.24, 2.45) is 0 Å². The number of ether oxygens (including phenoxy) is 2. The second-order valence-corrected chi connectivity index (χ2v) is 8.24. The van der Waals surface area contributed by atoms with Gasteiger partial charge in [0.1, 0.15) is 11.5 Å². The summed E-state index contributed by atoms with van der Waals surface area (Å²) < 4.78 is 16.0. The van der Waals surface area contributed by atoms with Gasteiger partial charge in [-0.15, -0.1) is 11.3 Å². The molecule has 1 aromatic carbocycles. The summed E-state index contributed by atoms with van der Waals surface area (Å²) in [6.07, 6.45) is 1.68. The number of thiophene rings is 1. The molecule has 0 unspecified atom stereocenters. The van der Waals surface area contributed by atoms with Gasteiger partial charge in [-0.2, -0.15) is 4.98 Å². The van der Waals surface area contributed by atoms with E-state index in [1.54, 1.807) is 43.8 Å². The minimum Gasteiger partial charge on any atom is -0.497 e. The van der Waals surface area contributed by atoms with E-state index in [2.05, 4.69) is 15.0 Å². The monoisotopic (exact) mass is 442 g/mol. The highest BCUT2D eigenvalue weighted by molar-refractivity contribution is 7.13. The molecule has 0 bridgehead atoms. The largest absolute Gasteiger partial charge is 0.497 e. The van der Waals surface area contributed by atoms with Crippen LogP contribution in [0.4, 0.5) is 0 Å². The number of aromatic nitrogens is 2. The molecule has 1 aliphatic heterocycles. The summed E-state index contributed by atoms with van der Waals surface area (Å²) in [6, 6.07) is 9.26. The molecule has 3 heterocycles. The third-order valence-electron chi connectivity index (χ3n) is 5.37. The fourth-order valence-corrected chi connectivity index (χ4v) is 4.29. The van der Waals surface area contributed by atoms with E-state index >= 15 is 0 Å². The summed E-state index contributed by atoms with van der Waals surface area (Å²) in [5.41, 5.74) is 0.535. The van der Waals surface area contributed by atoms with E-state index in [1.165, 1.54) is 0 Å². The molecule has 0 N–H and O–H groups in total. The zero-order chi connectivity index (χ0) is 21.6. The molecule has 1 fully saturated rings. The molecular formula is C22H26N4O4S. The van der Waals surface area contributed by atoms with E-state index in [0.717, 1.165) is 37.4 Å². The third-order valence-corrected chi connectivity index (χ3v) is 6.24. The molecule has 8 nitrogen and oxygen atoms in total. The van der Waals surface area contributed by atoms with Gasteiger partial charge in [0.15, 0.2) is 0 Å². The van der Waals surface area contributed by atoms with Gasteiger partial charge in [-0.25, -0.2) is 0 Å². The van der Waals surface area contributed by atoms with E-state index in [1.807, 2.05) is 22.4 Å². The van der Waals surface area contributed by atoms with Gasteiger partial charge in [0.2, 0.25) is 11.7 Å². The maximum absolute atomic E-state index is 13.0. The van der Waals surface area contributed by atoms with E-state index in [9.17, 15) is 4.79 Å². The molecule has 0 atom stereocenters. The number of piperazine rings is 1. The summed E-state index contributed by atoms with van der Waals surface area (Å²) >= 11 is 1.60. The lowest BCUT2D eigenvalue weighted by Gasteiger charge is -2.35. The standard InChI is InChI=1S/C22H26N4O4S/c1-28-16-7-8-18(29-2)17(15-16)22(27)26-12-10-25(11-13-26)9-3-6-20-23-21(24-30-20)19-5-4-14-31-19/h4-5,7-8,14-15H,3,6,9-13H2,1-2H3. The number of nitrogens with zero attached hydrogens (tertiary/aromatic N) is 4. The summed E-state index contributed by atoms with van der Waals surface area (Å²) in [5, 5.41) is 6.06. The van der Waals surface area contributed by atoms with E-state index in [-0.39, 0.29) is 5.91 Å². The Labute approximate surface area is 185 Å². The molecule has 31 heavy (non-hydrogen) atoms. The molecule has 1 saturated heterocycles. The number of aryl methyl sites for hydroxylation is 1. The van der Waals surface area contributed by atoms with Gasteiger partial charge in [0, 0.05) is 32.6 Å². The smallest absolute Gasteiger partial charge is 0.257 e. The summed E-state index contributed by atoms with van der Waals surface area (Å²) in [4.78, 5) is 22.7. The lowest BCUT2D eigenvalue weighted by molar-refractivity contribution is 0.0632. The van der Waals surface area contributed by atoms with Crippen LogP contribution in [0.15, 0.2) is 40.2 Å². The van der Waals surface area contributed by atoms with Gasteiger partial charge in [-0.05, 0) is 42.6 Å². The van der Waals surface area contributed by atoms with Crippen LogP contribution in [0.3, 0.4) is 0 Å². The number of hydrogen-bond acceptors (Lipinski definition) is 8. The number of rotatable bonds is 8. The highest BCUT2D eigenvalue weighted by Gasteiger charge is 2.24. The second-order valence-electron chi connectivity index (χ2n) is 7.29. The van der Waals surface area contributed by atoms with Crippen LogP contribution in [-0.4, -0.2) is 72.8 Å². The first-order chi connectivity index (χ1) is 15.2. The number of hydrogen-bond donors (Lipinski definition) is 0. The van der Waals surface area contributed by atoms with Crippen molar-refractivity contribution in [1.29, 1.82) is 0 Å². The van der Waals surface area contributed by atoms with E-state index in [0.29, 0.717) is 41.9 Å². The molecule has 0 aliphatic carbocycles. The van der Waals surface area contributed by atoms with Crippen molar-refractivity contribution in [3.8, 4) is 22.2 Å². The van der Waals surface area contributed by atoms with Crippen molar-refractivity contribution in [2.45, 2.75) is 12.8 Å². The molecule has 0 spiro atoms. The highest BCUT2D eigenvalue weighted by atomic mass is 32.1. The Hall–Kier alpha value is -2.91. The maximum atomic E-state index is 13.0. The number of benzene rings is 1. The van der Waals surface area contributed by atoms with Gasteiger partial charge in [-0.3, -0.25) is 9.69 Å². The Kier molecular flexibility index (Phi) is 6.83. The van der Waals surface area contributed by atoms with Crippen molar-refractivity contribution in [3.63, 3.8) is 0 Å². The predicted molar refractivity (Wildman–Crippen MR) is 118 cm³/mol. The zero-order valence-corrected chi connectivity index (χ0v) is 18.6. The average Bonchev–Trinajstić information content (AvgIpc) is 3.51. The molecule has 3 aromatic rings. The van der Waals surface area contributed by atoms with E-state index < -0.39 is 0 Å². The quantitative estimate of drug-likeness (QED) is 0.530. The van der Waals surface area contributed by atoms with Gasteiger partial charge in [0.05, 0.1) is 24.7 Å². The van der Waals surface area contributed by atoms with Gasteiger partial charge < -0.3 is 18.9 Å². The van der Waals surface area contributed by atoms with Crippen LogP contribution in [0.25, 0.3) is 10.7 Å². The summed E-state index contributed by atoms with van der Waals surface area (Å²) in [5.74, 6) is 2.51. The van der Waals surface area contributed by atoms with Crippen LogP contribution in [-0.2, 0) is 6.42 Å². The molecule has 164 valence electrons. The fraction of sp³-hybridized carbons (Fsp3) is 0.409. The van der Waals surface area contributed by atoms with Gasteiger partial charge in [0.25, 0.3) is 5.91 Å². The van der Waals surface area contributed by atoms with Crippen LogP contribution >= 0.6 is 11.3 Å². The SMILES string of the molecule is COc1ccc(OC)c(C(=O)N2CCN(CCCc3nc(-c4cccs4)no3)CC2)c1. The number of methoxy groups -OCH3 is 2. The Morgan fingerprint density at radius 2 is 2.00 bits per heavy atom. The Bertz CT molecular complexity index is 997. The first-order valence-corrected chi connectivity index (χ1v) is 11.2. The Morgan fingerprint density at radius 3 is 2.71 bits per heavy atom. The lowest BCUT2D eigenvalue weighted by Crippen LogP contribution is -2.48. The Balaban J connectivity index is 1.25. The average molecular weight is 443 g/mol. The number of carbonyl (C=O) groups excluding carboxylic acids is 1. The Morgan fingerprint density at radius 1 is 1.16 bits per heavy atom. The van der Waals surface area contributed by atoms with Crippen LogP contribution in [0.5, 0.6) is 11.5 Å². The molecule has 4 rings (SSSR count). The number of carbonyl (C=O) groups is 1. The van der Waals surface area contributed by atoms with Crippen molar-refractivity contribution in [2.75, 3.05) is 46.9 Å². The molecular weight excluding hydrogens is 416 g/mol. The second kappa shape index (κ2) is 9.93. The van der Waals surface area contributed by atoms with Crippen LogP contribution in [0, 0.1) is 0 Å². The first kappa shape index (κ1) is 21.3. The lowest BCUT2D eigenvalue weighted by atomic mass is 10.1. The highest BCUT2D eigenvalue weighted by Crippen LogP contribution is 2.26. The van der Waals surface area contributed by atoms with Crippen LogP contribution in [0.1, 0.15) is 22.7 Å². The maximum Gasteiger partial charge on any atom is 0.257 e. The van der Waals surface area contributed by atoms with Crippen LogP contribution < -0.4 is 9.47 Å². The van der Waals surface area contributed by atoms with Crippen LogP contribution in [0.2, 0.25) is 0 Å². The zero-order valence-electron chi connectivity index (χ0n) is 17.7. The summed E-state index contributed by atoms with van der Waals surface area (Å²) in [7, 11) is 3.16. The molecule has 2 aromatic heterocycles. The van der Waals surface area contributed by atoms with Crippen molar-refractivity contribution in [1.82, 2.24) is 19.9 Å². The van der Waals surface area contributed by atoms with Crippen molar-refractivity contribution in [3.05, 3.63) is 47.2 Å². The topological polar surface area (TPSA) is 80.9 Å². The third kappa shape index (κ3) is 5.05. The first-order valence-electron chi connectivity index (χ1n) is 10.3. The minimum atomic E-state index is -0.0256.